The van der Waals surface area contributed by atoms with Gasteiger partial charge in [-0.05, 0) is 19.8 Å². The average Bonchev–Trinajstić information content (AvgIpc) is 2.62. The van der Waals surface area contributed by atoms with E-state index in [2.05, 4.69) is 9.76 Å². The molecule has 0 radical (unpaired) electrons. The van der Waals surface area contributed by atoms with Gasteiger partial charge in [-0.25, -0.2) is 10.3 Å². The summed E-state index contributed by atoms with van der Waals surface area (Å²) in [7, 11) is -4.80. The van der Waals surface area contributed by atoms with Crippen LogP contribution in [0.25, 0.3) is 0 Å². The Morgan fingerprint density at radius 2 is 2.23 bits per heavy atom. The minimum atomic E-state index is -4.80. The first-order valence-electron chi connectivity index (χ1n) is 6.63. The number of urea groups is 1. The van der Waals surface area contributed by atoms with Crippen molar-refractivity contribution in [2.75, 3.05) is 13.2 Å². The number of hydroxylamine groups is 3. The third-order valence-electron chi connectivity index (χ3n) is 3.32. The maximum Gasteiger partial charge on any atom is 0.418 e. The van der Waals surface area contributed by atoms with Gasteiger partial charge in [0.15, 0.2) is 0 Å². The molecule has 3 amide bonds. The molecule has 0 aromatic heterocycles. The third-order valence-corrected chi connectivity index (χ3v) is 3.67. The molecule has 0 aromatic carbocycles. The first-order valence-corrected chi connectivity index (χ1v) is 7.99. The predicted molar refractivity (Wildman–Crippen MR) is 71.1 cm³/mol. The number of carbonyl (C=O) groups excluding carboxylic acids is 2. The Hall–Kier alpha value is -1.47. The van der Waals surface area contributed by atoms with E-state index in [0.717, 1.165) is 0 Å². The molecule has 2 heterocycles. The van der Waals surface area contributed by atoms with E-state index in [-0.39, 0.29) is 19.2 Å². The predicted octanol–water partition coefficient (Wildman–Crippen LogP) is -1.62. The molecule has 2 aliphatic heterocycles. The Balaban J connectivity index is 1.98. The van der Waals surface area contributed by atoms with Crippen molar-refractivity contribution in [1.29, 1.82) is 0 Å². The fourth-order valence-corrected chi connectivity index (χ4v) is 2.80. The molecule has 2 bridgehead atoms. The number of nitrogens with two attached hydrogens (primary N) is 1. The highest BCUT2D eigenvalue weighted by Crippen LogP contribution is 2.30. The second-order valence-corrected chi connectivity index (χ2v) is 6.27. The van der Waals surface area contributed by atoms with Gasteiger partial charge in [0.2, 0.25) is 0 Å². The smallest absolute Gasteiger partial charge is 0.326 e. The zero-order valence-corrected chi connectivity index (χ0v) is 12.7. The number of hydrogen-bond acceptors (Lipinski definition) is 7. The summed E-state index contributed by atoms with van der Waals surface area (Å²) < 4.78 is 34.4. The fraction of sp³-hybridized carbons (Fsp3) is 0.800. The molecule has 0 aliphatic carbocycles. The number of nitrogens with zero attached hydrogens (tertiary/aromatic N) is 2. The molecule has 12 heteroatoms. The van der Waals surface area contributed by atoms with Gasteiger partial charge >= 0.3 is 16.4 Å². The van der Waals surface area contributed by atoms with Crippen LogP contribution >= 0.6 is 0 Å². The summed E-state index contributed by atoms with van der Waals surface area (Å²) in [6.07, 6.45) is 0.665. The molecular formula is C10H18N4O7S. The van der Waals surface area contributed by atoms with Crippen molar-refractivity contribution in [1.82, 2.24) is 15.4 Å². The monoisotopic (exact) mass is 338 g/mol. The molecule has 4 N–H and O–H groups in total. The van der Waals surface area contributed by atoms with Gasteiger partial charge in [-0.1, -0.05) is 0 Å². The minimum absolute atomic E-state index is 0.118. The maximum atomic E-state index is 12.1. The van der Waals surface area contributed by atoms with Crippen LogP contribution in [0, 0.1) is 0 Å². The number of piperidine rings is 1. The Labute approximate surface area is 127 Å². The van der Waals surface area contributed by atoms with Gasteiger partial charge in [-0.2, -0.15) is 13.5 Å². The van der Waals surface area contributed by atoms with Crippen molar-refractivity contribution >= 4 is 22.3 Å². The van der Waals surface area contributed by atoms with Crippen molar-refractivity contribution in [3.05, 3.63) is 0 Å². The molecule has 126 valence electrons. The van der Waals surface area contributed by atoms with E-state index < -0.39 is 34.4 Å². The topological polar surface area (TPSA) is 151 Å². The van der Waals surface area contributed by atoms with Gasteiger partial charge in [0.1, 0.15) is 6.04 Å². The largest absolute Gasteiger partial charge is 0.418 e. The number of nitrogens with one attached hydrogen (secondary N) is 1. The molecular weight excluding hydrogens is 320 g/mol. The van der Waals surface area contributed by atoms with Crippen LogP contribution in [-0.4, -0.2) is 66.1 Å². The zero-order valence-electron chi connectivity index (χ0n) is 11.8. The normalized spacial score (nSPS) is 26.2. The summed E-state index contributed by atoms with van der Waals surface area (Å²) >= 11 is 0. The van der Waals surface area contributed by atoms with Gasteiger partial charge in [0, 0.05) is 12.6 Å². The summed E-state index contributed by atoms with van der Waals surface area (Å²) in [5.41, 5.74) is 7.68. The highest BCUT2D eigenvalue weighted by Gasteiger charge is 2.49. The third kappa shape index (κ3) is 3.84. The zero-order chi connectivity index (χ0) is 16.5. The van der Waals surface area contributed by atoms with Crippen LogP contribution in [0.1, 0.15) is 19.8 Å². The van der Waals surface area contributed by atoms with Gasteiger partial charge in [0.25, 0.3) is 5.91 Å². The number of fused-ring (bicyclic) bond motifs is 2. The van der Waals surface area contributed by atoms with Crippen LogP contribution in [0.15, 0.2) is 0 Å². The van der Waals surface area contributed by atoms with E-state index in [1.807, 2.05) is 0 Å². The van der Waals surface area contributed by atoms with E-state index >= 15 is 0 Å². The van der Waals surface area contributed by atoms with E-state index in [9.17, 15) is 18.0 Å². The lowest BCUT2D eigenvalue weighted by Gasteiger charge is -2.28. The Morgan fingerprint density at radius 3 is 2.82 bits per heavy atom. The van der Waals surface area contributed by atoms with Crippen LogP contribution < -0.4 is 11.2 Å². The molecule has 0 spiro atoms. The standard InChI is InChI=1S/C10H18N4O7S/c1-6(11)5-20-12-9(15)8-3-2-7-4-13(8)10(16)14(7)21-22(17,18)19/h6-8H,2-5,11H2,1H3,(H,12,15)(H,17,18,19)/t6?,7?,8-/m0/s1. The number of carbonyl (C=O) groups is 2. The molecule has 3 atom stereocenters. The number of amides is 3. The number of rotatable bonds is 6. The van der Waals surface area contributed by atoms with E-state index in [0.29, 0.717) is 17.9 Å². The Morgan fingerprint density at radius 1 is 1.55 bits per heavy atom. The molecule has 11 nitrogen and oxygen atoms in total. The Kier molecular flexibility index (Phi) is 4.87. The molecule has 0 saturated carbocycles. The van der Waals surface area contributed by atoms with Gasteiger partial charge in [-0.3, -0.25) is 14.2 Å². The van der Waals surface area contributed by atoms with Crippen LogP contribution in [-0.2, 0) is 24.3 Å². The summed E-state index contributed by atoms with van der Waals surface area (Å²) in [6, 6.07) is -2.40. The SMILES string of the molecule is CC(N)CONC(=O)[C@@H]1CCC2CN1C(=O)N2OS(=O)(=O)O. The van der Waals surface area contributed by atoms with Crippen LogP contribution in [0.3, 0.4) is 0 Å². The van der Waals surface area contributed by atoms with Crippen LogP contribution in [0.2, 0.25) is 0 Å². The molecule has 2 unspecified atom stereocenters. The van der Waals surface area contributed by atoms with Crippen molar-refractivity contribution in [3.63, 3.8) is 0 Å². The first kappa shape index (κ1) is 16.9. The molecule has 2 aliphatic rings. The van der Waals surface area contributed by atoms with E-state index in [1.165, 1.54) is 4.90 Å². The summed E-state index contributed by atoms with van der Waals surface area (Å²) in [6.45, 7) is 1.94. The van der Waals surface area contributed by atoms with Crippen molar-refractivity contribution < 1.29 is 31.7 Å². The highest BCUT2D eigenvalue weighted by molar-refractivity contribution is 7.80. The Bertz CT molecular complexity index is 551. The summed E-state index contributed by atoms with van der Waals surface area (Å²) in [5.74, 6) is -0.527. The lowest BCUT2D eigenvalue weighted by atomic mass is 10.0. The molecule has 0 aromatic rings. The van der Waals surface area contributed by atoms with Crippen molar-refractivity contribution in [2.45, 2.75) is 37.9 Å². The second kappa shape index (κ2) is 6.34. The quantitative estimate of drug-likeness (QED) is 0.386. The van der Waals surface area contributed by atoms with E-state index in [1.54, 1.807) is 6.92 Å². The molecule has 2 rings (SSSR count). The minimum Gasteiger partial charge on any atom is -0.326 e. The lowest BCUT2D eigenvalue weighted by Crippen LogP contribution is -2.50. The van der Waals surface area contributed by atoms with Gasteiger partial charge in [-0.15, -0.1) is 4.28 Å². The second-order valence-electron chi connectivity index (χ2n) is 5.26. The summed E-state index contributed by atoms with van der Waals surface area (Å²) in [5, 5.41) is 0.575. The molecule has 2 saturated heterocycles. The molecule has 2 fully saturated rings. The fourth-order valence-electron chi connectivity index (χ4n) is 2.42. The lowest BCUT2D eigenvalue weighted by molar-refractivity contribution is -0.139. The van der Waals surface area contributed by atoms with Crippen molar-refractivity contribution in [2.24, 2.45) is 5.73 Å². The highest BCUT2D eigenvalue weighted by atomic mass is 32.3. The average molecular weight is 338 g/mol. The summed E-state index contributed by atoms with van der Waals surface area (Å²) in [4.78, 5) is 30.2. The first-order chi connectivity index (χ1) is 10.2. The van der Waals surface area contributed by atoms with Crippen LogP contribution in [0.5, 0.6) is 0 Å². The van der Waals surface area contributed by atoms with Gasteiger partial charge < -0.3 is 10.6 Å². The van der Waals surface area contributed by atoms with E-state index in [4.69, 9.17) is 15.1 Å². The van der Waals surface area contributed by atoms with Crippen LogP contribution in [0.4, 0.5) is 4.79 Å². The number of hydrogen-bond donors (Lipinski definition) is 3. The van der Waals surface area contributed by atoms with Gasteiger partial charge in [0.05, 0.1) is 12.6 Å². The van der Waals surface area contributed by atoms with Crippen molar-refractivity contribution in [3.8, 4) is 0 Å². The maximum absolute atomic E-state index is 12.1. The molecule has 22 heavy (non-hydrogen) atoms.